The zero-order valence-corrected chi connectivity index (χ0v) is 16.7. The smallest absolute Gasteiger partial charge is 0.337 e. The summed E-state index contributed by atoms with van der Waals surface area (Å²) in [4.78, 5) is 32.8. The maximum absolute atomic E-state index is 12.8. The number of amides is 1. The van der Waals surface area contributed by atoms with Gasteiger partial charge in [-0.1, -0.05) is 24.3 Å². The van der Waals surface area contributed by atoms with Crippen molar-refractivity contribution in [2.24, 2.45) is 4.99 Å². The lowest BCUT2D eigenvalue weighted by atomic mass is 10.2. The summed E-state index contributed by atoms with van der Waals surface area (Å²) in [5.41, 5.74) is 2.44. The van der Waals surface area contributed by atoms with Crippen LogP contribution in [0.5, 0.6) is 0 Å². The predicted molar refractivity (Wildman–Crippen MR) is 114 cm³/mol. The van der Waals surface area contributed by atoms with Gasteiger partial charge in [0.2, 0.25) is 0 Å². The van der Waals surface area contributed by atoms with Gasteiger partial charge in [0.05, 0.1) is 16.2 Å². The number of amidine groups is 1. The van der Waals surface area contributed by atoms with Crippen LogP contribution in [-0.2, 0) is 4.79 Å². The number of likely N-dealkylation sites (N-methyl/N-ethyl adjacent to an activating group) is 1. The molecule has 1 saturated heterocycles. The average Bonchev–Trinajstić information content (AvgIpc) is 2.96. The van der Waals surface area contributed by atoms with E-state index in [1.807, 2.05) is 56.3 Å². The number of carbonyl (C=O) groups is 2. The SMILES string of the molecule is CCN1C(=O)/C(=C/c2ccc(N(C)C)cc2)SC1=Nc1ccccc1C(=O)O. The first-order chi connectivity index (χ1) is 13.4. The van der Waals surface area contributed by atoms with E-state index in [9.17, 15) is 14.7 Å². The highest BCUT2D eigenvalue weighted by atomic mass is 32.2. The van der Waals surface area contributed by atoms with Crippen LogP contribution >= 0.6 is 11.8 Å². The number of hydrogen-bond donors (Lipinski definition) is 1. The number of aliphatic imine (C=N–C) groups is 1. The van der Waals surface area contributed by atoms with Crippen LogP contribution < -0.4 is 4.90 Å². The van der Waals surface area contributed by atoms with Crippen molar-refractivity contribution in [2.45, 2.75) is 6.92 Å². The van der Waals surface area contributed by atoms with Crippen LogP contribution in [0, 0.1) is 0 Å². The number of carboxylic acids is 1. The minimum absolute atomic E-state index is 0.107. The summed E-state index contributed by atoms with van der Waals surface area (Å²) in [6, 6.07) is 14.4. The number of rotatable bonds is 5. The minimum Gasteiger partial charge on any atom is -0.478 e. The van der Waals surface area contributed by atoms with Crippen LogP contribution in [0.15, 0.2) is 58.4 Å². The van der Waals surface area contributed by atoms with Gasteiger partial charge in [0.1, 0.15) is 0 Å². The number of thioether (sulfide) groups is 1. The van der Waals surface area contributed by atoms with Gasteiger partial charge in [-0.15, -0.1) is 0 Å². The number of benzene rings is 2. The lowest BCUT2D eigenvalue weighted by Gasteiger charge is -2.12. The summed E-state index contributed by atoms with van der Waals surface area (Å²) in [5, 5.41) is 9.84. The Kier molecular flexibility index (Phi) is 5.84. The van der Waals surface area contributed by atoms with Gasteiger partial charge in [-0.05, 0) is 54.6 Å². The molecule has 1 N–H and O–H groups in total. The molecule has 1 aliphatic rings. The summed E-state index contributed by atoms with van der Waals surface area (Å²) < 4.78 is 0. The molecule has 2 aromatic carbocycles. The van der Waals surface area contributed by atoms with E-state index in [-0.39, 0.29) is 11.5 Å². The topological polar surface area (TPSA) is 73.2 Å². The molecule has 0 radical (unpaired) electrons. The number of carboxylic acid groups (broad SMARTS) is 1. The molecule has 6 nitrogen and oxygen atoms in total. The fourth-order valence-electron chi connectivity index (χ4n) is 2.75. The molecule has 0 saturated carbocycles. The van der Waals surface area contributed by atoms with Crippen molar-refractivity contribution in [3.05, 3.63) is 64.6 Å². The highest BCUT2D eigenvalue weighted by molar-refractivity contribution is 8.18. The van der Waals surface area contributed by atoms with E-state index >= 15 is 0 Å². The number of para-hydroxylation sites is 1. The molecule has 0 bridgehead atoms. The predicted octanol–water partition coefficient (Wildman–Crippen LogP) is 4.07. The molecule has 0 spiro atoms. The minimum atomic E-state index is -1.05. The van der Waals surface area contributed by atoms with Crippen molar-refractivity contribution < 1.29 is 14.7 Å². The molecule has 3 rings (SSSR count). The number of anilines is 1. The van der Waals surface area contributed by atoms with Gasteiger partial charge in [-0.25, -0.2) is 9.79 Å². The Bertz CT molecular complexity index is 965. The van der Waals surface area contributed by atoms with Gasteiger partial charge in [0.25, 0.3) is 5.91 Å². The molecule has 7 heteroatoms. The molecule has 144 valence electrons. The Labute approximate surface area is 168 Å². The van der Waals surface area contributed by atoms with E-state index in [2.05, 4.69) is 4.99 Å². The number of carbonyl (C=O) groups excluding carboxylic acids is 1. The lowest BCUT2D eigenvalue weighted by molar-refractivity contribution is -0.122. The van der Waals surface area contributed by atoms with Gasteiger partial charge in [-0.2, -0.15) is 0 Å². The van der Waals surface area contributed by atoms with Gasteiger partial charge < -0.3 is 10.0 Å². The highest BCUT2D eigenvalue weighted by Gasteiger charge is 2.32. The Morgan fingerprint density at radius 2 is 1.86 bits per heavy atom. The van der Waals surface area contributed by atoms with E-state index in [1.165, 1.54) is 17.8 Å². The Morgan fingerprint density at radius 1 is 1.18 bits per heavy atom. The second-order valence-corrected chi connectivity index (χ2v) is 7.37. The van der Waals surface area contributed by atoms with Crippen molar-refractivity contribution >= 4 is 46.3 Å². The van der Waals surface area contributed by atoms with E-state index in [4.69, 9.17) is 0 Å². The number of hydrogen-bond acceptors (Lipinski definition) is 5. The van der Waals surface area contributed by atoms with Crippen molar-refractivity contribution in [1.29, 1.82) is 0 Å². The molecule has 2 aromatic rings. The third kappa shape index (κ3) is 4.09. The summed E-state index contributed by atoms with van der Waals surface area (Å²) in [6.45, 7) is 2.32. The fraction of sp³-hybridized carbons (Fsp3) is 0.190. The molecule has 0 atom stereocenters. The van der Waals surface area contributed by atoms with Crippen LogP contribution in [0.3, 0.4) is 0 Å². The first kappa shape index (κ1) is 19.7. The molecule has 0 unspecified atom stereocenters. The Hall–Kier alpha value is -3.06. The van der Waals surface area contributed by atoms with Crippen LogP contribution in [0.4, 0.5) is 11.4 Å². The highest BCUT2D eigenvalue weighted by Crippen LogP contribution is 2.34. The second-order valence-electron chi connectivity index (χ2n) is 6.36. The first-order valence-corrected chi connectivity index (χ1v) is 9.62. The van der Waals surface area contributed by atoms with Crippen molar-refractivity contribution in [3.8, 4) is 0 Å². The summed E-state index contributed by atoms with van der Waals surface area (Å²) in [7, 11) is 3.95. The largest absolute Gasteiger partial charge is 0.478 e. The summed E-state index contributed by atoms with van der Waals surface area (Å²) in [6.07, 6.45) is 1.83. The zero-order chi connectivity index (χ0) is 20.3. The zero-order valence-electron chi connectivity index (χ0n) is 15.9. The van der Waals surface area contributed by atoms with Crippen LogP contribution in [0.2, 0.25) is 0 Å². The average molecular weight is 395 g/mol. The molecular formula is C21H21N3O3S. The molecule has 1 fully saturated rings. The third-order valence-corrected chi connectivity index (χ3v) is 5.27. The molecule has 0 aromatic heterocycles. The lowest BCUT2D eigenvalue weighted by Crippen LogP contribution is -2.28. The summed E-state index contributed by atoms with van der Waals surface area (Å²) in [5.74, 6) is -1.18. The number of nitrogens with zero attached hydrogens (tertiary/aromatic N) is 3. The van der Waals surface area contributed by atoms with E-state index in [1.54, 1.807) is 23.1 Å². The van der Waals surface area contributed by atoms with Crippen molar-refractivity contribution in [3.63, 3.8) is 0 Å². The van der Waals surface area contributed by atoms with E-state index in [0.717, 1.165) is 11.3 Å². The molecular weight excluding hydrogens is 374 g/mol. The van der Waals surface area contributed by atoms with Crippen LogP contribution in [-0.4, -0.2) is 47.7 Å². The van der Waals surface area contributed by atoms with Gasteiger partial charge >= 0.3 is 5.97 Å². The standard InChI is InChI=1S/C21H21N3O3S/c1-4-24-19(25)18(13-14-9-11-15(12-10-14)23(2)3)28-21(24)22-17-8-6-5-7-16(17)20(26)27/h5-13H,4H2,1-3H3,(H,26,27)/b18-13-,22-21?. The van der Waals surface area contributed by atoms with Gasteiger partial charge in [-0.3, -0.25) is 9.69 Å². The van der Waals surface area contributed by atoms with E-state index in [0.29, 0.717) is 22.3 Å². The normalized spacial score (nSPS) is 16.8. The molecule has 1 heterocycles. The maximum atomic E-state index is 12.8. The Morgan fingerprint density at radius 3 is 2.46 bits per heavy atom. The Balaban J connectivity index is 1.94. The number of aromatic carboxylic acids is 1. The van der Waals surface area contributed by atoms with Crippen LogP contribution in [0.1, 0.15) is 22.8 Å². The summed E-state index contributed by atoms with van der Waals surface area (Å²) >= 11 is 1.26. The third-order valence-electron chi connectivity index (χ3n) is 4.26. The monoisotopic (exact) mass is 395 g/mol. The first-order valence-electron chi connectivity index (χ1n) is 8.80. The molecule has 0 aliphatic carbocycles. The molecule has 1 amide bonds. The molecule has 1 aliphatic heterocycles. The quantitative estimate of drug-likeness (QED) is 0.773. The molecule has 28 heavy (non-hydrogen) atoms. The van der Waals surface area contributed by atoms with Crippen LogP contribution in [0.25, 0.3) is 6.08 Å². The van der Waals surface area contributed by atoms with E-state index < -0.39 is 5.97 Å². The fourth-order valence-corrected chi connectivity index (χ4v) is 3.80. The van der Waals surface area contributed by atoms with Crippen molar-refractivity contribution in [2.75, 3.05) is 25.5 Å². The van der Waals surface area contributed by atoms with Gasteiger partial charge in [0, 0.05) is 26.3 Å². The maximum Gasteiger partial charge on any atom is 0.337 e. The van der Waals surface area contributed by atoms with Crippen molar-refractivity contribution in [1.82, 2.24) is 4.90 Å². The second kappa shape index (κ2) is 8.31. The van der Waals surface area contributed by atoms with Gasteiger partial charge in [0.15, 0.2) is 5.17 Å².